The topological polar surface area (TPSA) is 12.0 Å². The summed E-state index contributed by atoms with van der Waals surface area (Å²) in [7, 11) is 2.13. The highest BCUT2D eigenvalue weighted by Gasteiger charge is 2.40. The first kappa shape index (κ1) is 11.0. The van der Waals surface area contributed by atoms with Gasteiger partial charge in [0.1, 0.15) is 0 Å². The van der Waals surface area contributed by atoms with E-state index in [2.05, 4.69) is 33.1 Å². The molecule has 0 saturated heterocycles. The van der Waals surface area contributed by atoms with Gasteiger partial charge in [-0.2, -0.15) is 0 Å². The van der Waals surface area contributed by atoms with Gasteiger partial charge < -0.3 is 5.32 Å². The van der Waals surface area contributed by atoms with Gasteiger partial charge in [-0.25, -0.2) is 0 Å². The van der Waals surface area contributed by atoms with Crippen molar-refractivity contribution in [2.75, 3.05) is 7.05 Å². The molecule has 1 atom stereocenters. The molecule has 0 aromatic carbocycles. The molecule has 13 heavy (non-hydrogen) atoms. The minimum Gasteiger partial charge on any atom is -0.316 e. The molecule has 1 nitrogen and oxygen atoms in total. The second-order valence-electron chi connectivity index (χ2n) is 4.93. The molecule has 0 bridgehead atoms. The lowest BCUT2D eigenvalue weighted by Gasteiger charge is -2.39. The predicted octanol–water partition coefficient (Wildman–Crippen LogP) is 3.20. The van der Waals surface area contributed by atoms with E-state index in [1.54, 1.807) is 0 Å². The Morgan fingerprint density at radius 2 is 1.77 bits per heavy atom. The van der Waals surface area contributed by atoms with Crippen molar-refractivity contribution in [2.45, 2.75) is 58.9 Å². The molecule has 0 aromatic rings. The van der Waals surface area contributed by atoms with Crippen molar-refractivity contribution >= 4 is 0 Å². The maximum Gasteiger partial charge on any atom is 0.0143 e. The third kappa shape index (κ3) is 2.07. The quantitative estimate of drug-likeness (QED) is 0.706. The van der Waals surface area contributed by atoms with E-state index >= 15 is 0 Å². The number of rotatable bonds is 4. The number of nitrogens with one attached hydrogen (secondary N) is 1. The van der Waals surface area contributed by atoms with Crippen molar-refractivity contribution in [1.29, 1.82) is 0 Å². The van der Waals surface area contributed by atoms with Crippen LogP contribution in [0.2, 0.25) is 0 Å². The highest BCUT2D eigenvalue weighted by Crippen LogP contribution is 2.45. The molecule has 0 aliphatic heterocycles. The van der Waals surface area contributed by atoms with E-state index in [0.29, 0.717) is 5.41 Å². The molecule has 0 spiro atoms. The van der Waals surface area contributed by atoms with Crippen LogP contribution in [0.3, 0.4) is 0 Å². The van der Waals surface area contributed by atoms with E-state index in [1.165, 1.54) is 32.1 Å². The summed E-state index contributed by atoms with van der Waals surface area (Å²) in [6.45, 7) is 7.05. The van der Waals surface area contributed by atoms with Crippen molar-refractivity contribution in [3.63, 3.8) is 0 Å². The molecule has 78 valence electrons. The highest BCUT2D eigenvalue weighted by atomic mass is 14.9. The Labute approximate surface area is 83.3 Å². The largest absolute Gasteiger partial charge is 0.316 e. The fourth-order valence-corrected chi connectivity index (χ4v) is 3.31. The van der Waals surface area contributed by atoms with E-state index in [1.807, 2.05) is 0 Å². The van der Waals surface area contributed by atoms with Crippen LogP contribution in [0.25, 0.3) is 0 Å². The molecule has 1 heteroatoms. The Bertz CT molecular complexity index is 145. The summed E-state index contributed by atoms with van der Waals surface area (Å²) < 4.78 is 0. The van der Waals surface area contributed by atoms with Crippen LogP contribution in [0.4, 0.5) is 0 Å². The van der Waals surface area contributed by atoms with E-state index in [0.717, 1.165) is 12.0 Å². The first-order chi connectivity index (χ1) is 6.16. The first-order valence-electron chi connectivity index (χ1n) is 5.83. The van der Waals surface area contributed by atoms with Crippen LogP contribution in [-0.2, 0) is 0 Å². The van der Waals surface area contributed by atoms with Gasteiger partial charge in [-0.15, -0.1) is 0 Å². The van der Waals surface area contributed by atoms with Crippen LogP contribution >= 0.6 is 0 Å². The summed E-state index contributed by atoms with van der Waals surface area (Å²) in [5.74, 6) is 0.767. The van der Waals surface area contributed by atoms with Gasteiger partial charge in [-0.05, 0) is 37.6 Å². The minimum absolute atomic E-state index is 0.614. The number of hydrogen-bond acceptors (Lipinski definition) is 1. The maximum atomic E-state index is 3.54. The van der Waals surface area contributed by atoms with Crippen molar-refractivity contribution < 1.29 is 0 Å². The van der Waals surface area contributed by atoms with Gasteiger partial charge >= 0.3 is 0 Å². The summed E-state index contributed by atoms with van der Waals surface area (Å²) in [6, 6.07) is 0.722. The summed E-state index contributed by atoms with van der Waals surface area (Å²) in [5, 5.41) is 3.54. The van der Waals surface area contributed by atoms with Gasteiger partial charge in [0.15, 0.2) is 0 Å². The van der Waals surface area contributed by atoms with E-state index in [4.69, 9.17) is 0 Å². The van der Waals surface area contributed by atoms with E-state index in [-0.39, 0.29) is 0 Å². The summed E-state index contributed by atoms with van der Waals surface area (Å²) in [4.78, 5) is 0. The van der Waals surface area contributed by atoms with Gasteiger partial charge in [0.2, 0.25) is 0 Å². The molecule has 1 fully saturated rings. The van der Waals surface area contributed by atoms with Crippen molar-refractivity contribution in [3.05, 3.63) is 0 Å². The SMILES string of the molecule is CCC1(C(NC)C(C)C)CCCC1. The second kappa shape index (κ2) is 4.45. The molecule has 1 aliphatic rings. The zero-order valence-corrected chi connectivity index (χ0v) is 9.69. The normalized spacial score (nSPS) is 23.8. The molecule has 1 rings (SSSR count). The van der Waals surface area contributed by atoms with Gasteiger partial charge in [0.05, 0.1) is 0 Å². The molecular formula is C12H25N. The van der Waals surface area contributed by atoms with Crippen LogP contribution in [0.1, 0.15) is 52.9 Å². The smallest absolute Gasteiger partial charge is 0.0143 e. The fraction of sp³-hybridized carbons (Fsp3) is 1.00. The zero-order chi connectivity index (χ0) is 9.90. The third-order valence-electron chi connectivity index (χ3n) is 3.94. The van der Waals surface area contributed by atoms with Gasteiger partial charge in [0.25, 0.3) is 0 Å². The molecule has 1 aliphatic carbocycles. The number of hydrogen-bond donors (Lipinski definition) is 1. The van der Waals surface area contributed by atoms with Gasteiger partial charge in [-0.3, -0.25) is 0 Å². The Kier molecular flexibility index (Phi) is 3.78. The first-order valence-corrected chi connectivity index (χ1v) is 5.83. The standard InChI is InChI=1S/C12H25N/c1-5-12(8-6-7-9-12)11(13-4)10(2)3/h10-11,13H,5-9H2,1-4H3. The van der Waals surface area contributed by atoms with Crippen molar-refractivity contribution in [2.24, 2.45) is 11.3 Å². The second-order valence-corrected chi connectivity index (χ2v) is 4.93. The molecule has 0 aromatic heterocycles. The molecule has 1 saturated carbocycles. The Balaban J connectivity index is 2.72. The van der Waals surface area contributed by atoms with E-state index in [9.17, 15) is 0 Å². The summed E-state index contributed by atoms with van der Waals surface area (Å²) >= 11 is 0. The summed E-state index contributed by atoms with van der Waals surface area (Å²) in [6.07, 6.45) is 7.11. The van der Waals surface area contributed by atoms with Crippen LogP contribution in [-0.4, -0.2) is 13.1 Å². The molecule has 1 N–H and O–H groups in total. The average Bonchev–Trinajstić information content (AvgIpc) is 2.55. The molecule has 0 radical (unpaired) electrons. The maximum absolute atomic E-state index is 3.54. The van der Waals surface area contributed by atoms with E-state index < -0.39 is 0 Å². The Hall–Kier alpha value is -0.0400. The van der Waals surface area contributed by atoms with Gasteiger partial charge in [0, 0.05) is 6.04 Å². The monoisotopic (exact) mass is 183 g/mol. The highest BCUT2D eigenvalue weighted by molar-refractivity contribution is 4.94. The van der Waals surface area contributed by atoms with Crippen LogP contribution in [0, 0.1) is 11.3 Å². The lowest BCUT2D eigenvalue weighted by atomic mass is 9.72. The zero-order valence-electron chi connectivity index (χ0n) is 9.69. The van der Waals surface area contributed by atoms with Crippen molar-refractivity contribution in [1.82, 2.24) is 5.32 Å². The third-order valence-corrected chi connectivity index (χ3v) is 3.94. The predicted molar refractivity (Wildman–Crippen MR) is 58.9 cm³/mol. The Morgan fingerprint density at radius 1 is 1.23 bits per heavy atom. The molecule has 1 unspecified atom stereocenters. The van der Waals surface area contributed by atoms with Crippen LogP contribution in [0.5, 0.6) is 0 Å². The van der Waals surface area contributed by atoms with Crippen molar-refractivity contribution in [3.8, 4) is 0 Å². The van der Waals surface area contributed by atoms with Gasteiger partial charge in [-0.1, -0.05) is 33.6 Å². The van der Waals surface area contributed by atoms with Crippen LogP contribution < -0.4 is 5.32 Å². The summed E-state index contributed by atoms with van der Waals surface area (Å²) in [5.41, 5.74) is 0.614. The molecule has 0 heterocycles. The minimum atomic E-state index is 0.614. The fourth-order valence-electron chi connectivity index (χ4n) is 3.31. The molecule has 0 amide bonds. The van der Waals surface area contributed by atoms with Crippen LogP contribution in [0.15, 0.2) is 0 Å². The average molecular weight is 183 g/mol. The molecular weight excluding hydrogens is 158 g/mol. The Morgan fingerprint density at radius 3 is 2.08 bits per heavy atom. The lowest BCUT2D eigenvalue weighted by molar-refractivity contribution is 0.153. The lowest BCUT2D eigenvalue weighted by Crippen LogP contribution is -2.45.